The number of aliphatic hydroxyl groups is 1. The summed E-state index contributed by atoms with van der Waals surface area (Å²) < 4.78 is 6.04. The molecule has 2 unspecified atom stereocenters. The first-order valence-corrected chi connectivity index (χ1v) is 8.16. The first kappa shape index (κ1) is 14.5. The highest BCUT2D eigenvalue weighted by Gasteiger charge is 2.69. The van der Waals surface area contributed by atoms with Gasteiger partial charge in [-0.25, -0.2) is 0 Å². The molecule has 23 heavy (non-hydrogen) atoms. The fraction of sp³-hybridized carbons (Fsp3) is 0.350. The van der Waals surface area contributed by atoms with Crippen molar-refractivity contribution in [2.24, 2.45) is 0 Å². The van der Waals surface area contributed by atoms with Crippen molar-refractivity contribution in [3.05, 3.63) is 64.7 Å². The van der Waals surface area contributed by atoms with Gasteiger partial charge in [-0.2, -0.15) is 0 Å². The molecule has 2 aromatic carbocycles. The molecule has 3 heteroatoms. The zero-order valence-electron chi connectivity index (χ0n) is 13.6. The number of hydrogen-bond donors (Lipinski definition) is 1. The zero-order chi connectivity index (χ0) is 16.4. The summed E-state index contributed by atoms with van der Waals surface area (Å²) in [5.41, 5.74) is 2.04. The van der Waals surface area contributed by atoms with E-state index in [2.05, 4.69) is 13.8 Å². The Morgan fingerprint density at radius 2 is 1.87 bits per heavy atom. The van der Waals surface area contributed by atoms with Gasteiger partial charge < -0.3 is 9.84 Å². The van der Waals surface area contributed by atoms with Gasteiger partial charge in [-0.15, -0.1) is 0 Å². The number of rotatable bonds is 2. The van der Waals surface area contributed by atoms with Crippen molar-refractivity contribution < 1.29 is 14.6 Å². The predicted molar refractivity (Wildman–Crippen MR) is 87.8 cm³/mol. The third kappa shape index (κ3) is 1.51. The summed E-state index contributed by atoms with van der Waals surface area (Å²) in [7, 11) is 0. The van der Waals surface area contributed by atoms with Crippen molar-refractivity contribution in [2.45, 2.75) is 44.3 Å². The molecule has 3 nitrogen and oxygen atoms in total. The molecule has 0 spiro atoms. The molecule has 1 aliphatic carbocycles. The van der Waals surface area contributed by atoms with Gasteiger partial charge in [0.05, 0.1) is 0 Å². The van der Waals surface area contributed by atoms with Gasteiger partial charge in [0.15, 0.2) is 5.78 Å². The van der Waals surface area contributed by atoms with Gasteiger partial charge in [0, 0.05) is 16.7 Å². The van der Waals surface area contributed by atoms with E-state index in [0.29, 0.717) is 29.2 Å². The smallest absolute Gasteiger partial charge is 0.252 e. The highest BCUT2D eigenvalue weighted by atomic mass is 16.6. The van der Waals surface area contributed by atoms with Crippen molar-refractivity contribution in [1.29, 1.82) is 0 Å². The van der Waals surface area contributed by atoms with Gasteiger partial charge in [-0.3, -0.25) is 4.79 Å². The van der Waals surface area contributed by atoms with E-state index in [4.69, 9.17) is 4.74 Å². The number of carbonyl (C=O) groups excluding carboxylic acids is 1. The second kappa shape index (κ2) is 4.45. The number of carbonyl (C=O) groups is 1. The number of ether oxygens (including phenoxy) is 1. The second-order valence-corrected chi connectivity index (χ2v) is 6.79. The Hall–Kier alpha value is -2.13. The van der Waals surface area contributed by atoms with E-state index in [1.54, 1.807) is 12.1 Å². The highest BCUT2D eigenvalue weighted by molar-refractivity contribution is 6.10. The van der Waals surface area contributed by atoms with Crippen LogP contribution in [0, 0.1) is 0 Å². The number of fused-ring (bicyclic) bond motifs is 5. The largest absolute Gasteiger partial charge is 0.456 e. The van der Waals surface area contributed by atoms with E-state index >= 15 is 0 Å². The zero-order valence-corrected chi connectivity index (χ0v) is 13.6. The molecule has 1 aliphatic heterocycles. The SMILES string of the molecule is CCC12C(=O)c3ccccc3C1(O)Oc1cc(C(C)C)ccc12. The lowest BCUT2D eigenvalue weighted by Crippen LogP contribution is -2.48. The molecule has 0 fully saturated rings. The van der Waals surface area contributed by atoms with E-state index < -0.39 is 11.2 Å². The molecular formula is C20H20O3. The van der Waals surface area contributed by atoms with Crippen LogP contribution in [0.2, 0.25) is 0 Å². The van der Waals surface area contributed by atoms with Crippen LogP contribution in [-0.4, -0.2) is 10.9 Å². The fourth-order valence-electron chi connectivity index (χ4n) is 4.12. The first-order chi connectivity index (χ1) is 11.0. The molecule has 0 amide bonds. The average molecular weight is 308 g/mol. The monoisotopic (exact) mass is 308 g/mol. The van der Waals surface area contributed by atoms with Gasteiger partial charge in [-0.1, -0.05) is 57.2 Å². The second-order valence-electron chi connectivity index (χ2n) is 6.79. The fourth-order valence-corrected chi connectivity index (χ4v) is 4.12. The normalized spacial score (nSPS) is 27.6. The van der Waals surface area contributed by atoms with Gasteiger partial charge in [0.25, 0.3) is 5.79 Å². The van der Waals surface area contributed by atoms with Crippen LogP contribution in [0.5, 0.6) is 5.75 Å². The molecule has 2 atom stereocenters. The number of hydrogen-bond acceptors (Lipinski definition) is 3. The summed E-state index contributed by atoms with van der Waals surface area (Å²) in [6.07, 6.45) is 0.491. The molecule has 1 N–H and O–H groups in total. The molecule has 0 saturated heterocycles. The van der Waals surface area contributed by atoms with Crippen LogP contribution >= 0.6 is 0 Å². The topological polar surface area (TPSA) is 46.5 Å². The molecule has 1 heterocycles. The number of ketones is 1. The summed E-state index contributed by atoms with van der Waals surface area (Å²) in [5.74, 6) is -0.662. The maximum atomic E-state index is 13.2. The first-order valence-electron chi connectivity index (χ1n) is 8.16. The van der Waals surface area contributed by atoms with Gasteiger partial charge in [0.2, 0.25) is 0 Å². The lowest BCUT2D eigenvalue weighted by atomic mass is 9.72. The van der Waals surface area contributed by atoms with Crippen LogP contribution in [0.25, 0.3) is 0 Å². The molecule has 2 aromatic rings. The van der Waals surface area contributed by atoms with E-state index in [0.717, 1.165) is 11.1 Å². The van der Waals surface area contributed by atoms with E-state index in [-0.39, 0.29) is 5.78 Å². The van der Waals surface area contributed by atoms with Crippen molar-refractivity contribution >= 4 is 5.78 Å². The van der Waals surface area contributed by atoms with Crippen LogP contribution < -0.4 is 4.74 Å². The Kier molecular flexibility index (Phi) is 2.80. The summed E-state index contributed by atoms with van der Waals surface area (Å²) in [4.78, 5) is 13.2. The lowest BCUT2D eigenvalue weighted by Gasteiger charge is -2.32. The molecule has 0 radical (unpaired) electrons. The molecular weight excluding hydrogens is 288 g/mol. The highest BCUT2D eigenvalue weighted by Crippen LogP contribution is 2.61. The average Bonchev–Trinajstić information content (AvgIpc) is 2.92. The standard InChI is InChI=1S/C20H20O3/c1-4-19-16-10-9-13(12(2)3)11-17(16)23-20(19,22)15-8-6-5-7-14(15)18(19)21/h5-12,22H,4H2,1-3H3. The third-order valence-corrected chi connectivity index (χ3v) is 5.42. The van der Waals surface area contributed by atoms with Gasteiger partial charge in [-0.05, 0) is 24.0 Å². The minimum atomic E-state index is -1.60. The molecule has 118 valence electrons. The maximum absolute atomic E-state index is 13.2. The Labute approximate surface area is 135 Å². The van der Waals surface area contributed by atoms with E-state index in [9.17, 15) is 9.90 Å². The van der Waals surface area contributed by atoms with Crippen molar-refractivity contribution in [2.75, 3.05) is 0 Å². The summed E-state index contributed by atoms with van der Waals surface area (Å²) in [6.45, 7) is 6.16. The van der Waals surface area contributed by atoms with Crippen LogP contribution in [0.1, 0.15) is 60.2 Å². The molecule has 0 saturated carbocycles. The van der Waals surface area contributed by atoms with Crippen LogP contribution in [0.15, 0.2) is 42.5 Å². The minimum absolute atomic E-state index is 0.0471. The van der Waals surface area contributed by atoms with Crippen LogP contribution in [-0.2, 0) is 11.2 Å². The maximum Gasteiger partial charge on any atom is 0.252 e. The third-order valence-electron chi connectivity index (χ3n) is 5.42. The van der Waals surface area contributed by atoms with Gasteiger partial charge >= 0.3 is 0 Å². The van der Waals surface area contributed by atoms with Crippen molar-refractivity contribution in [3.63, 3.8) is 0 Å². The Morgan fingerprint density at radius 1 is 1.13 bits per heavy atom. The summed E-state index contributed by atoms with van der Waals surface area (Å²) >= 11 is 0. The molecule has 0 aromatic heterocycles. The minimum Gasteiger partial charge on any atom is -0.456 e. The number of Topliss-reactive ketones (excluding diaryl/α,β-unsaturated/α-hetero) is 1. The quantitative estimate of drug-likeness (QED) is 0.915. The van der Waals surface area contributed by atoms with Crippen molar-refractivity contribution in [1.82, 2.24) is 0 Å². The Bertz CT molecular complexity index is 823. The van der Waals surface area contributed by atoms with E-state index in [1.165, 1.54) is 0 Å². The predicted octanol–water partition coefficient (Wildman–Crippen LogP) is 3.89. The molecule has 4 rings (SSSR count). The Morgan fingerprint density at radius 3 is 2.57 bits per heavy atom. The summed E-state index contributed by atoms with van der Waals surface area (Å²) in [5, 5.41) is 11.4. The summed E-state index contributed by atoms with van der Waals surface area (Å²) in [6, 6.07) is 13.2. The number of benzene rings is 2. The lowest BCUT2D eigenvalue weighted by molar-refractivity contribution is -0.164. The van der Waals surface area contributed by atoms with Gasteiger partial charge in [0.1, 0.15) is 11.2 Å². The van der Waals surface area contributed by atoms with E-state index in [1.807, 2.05) is 37.3 Å². The Balaban J connectivity index is 2.00. The van der Waals surface area contributed by atoms with Crippen molar-refractivity contribution in [3.8, 4) is 5.75 Å². The molecule has 0 bridgehead atoms. The van der Waals surface area contributed by atoms with Crippen LogP contribution in [0.3, 0.4) is 0 Å². The molecule has 2 aliphatic rings. The van der Waals surface area contributed by atoms with Crippen LogP contribution in [0.4, 0.5) is 0 Å².